The van der Waals surface area contributed by atoms with Crippen molar-refractivity contribution in [3.63, 3.8) is 0 Å². The Morgan fingerprint density at radius 1 is 0.789 bits per heavy atom. The van der Waals surface area contributed by atoms with E-state index >= 15 is 0 Å². The standard InChI is InChI=1S/C47H56N6O4/c1-24(2)37(16-26(5)54)46(56)52-40-18-30(40)20-42(52)38-17-32(22-48-38)34-15-14-33(35-8-7-9-36(34)35)28-10-12-29(13-11-28)39-23-49-45(51-39)43-21-31-19-41(31)53(43)47(57)44(25(3)4)50-27(6)55/h10-15,22-25,30-31,37,40-44H,7-9,16-21H2,1-6H3,(H,49,51)(H,50,55)/t30-,31-,37+,40-,41-,42+,43+,44+/m1/s1. The highest BCUT2D eigenvalue weighted by atomic mass is 16.2. The van der Waals surface area contributed by atoms with Crippen molar-refractivity contribution in [3.8, 4) is 22.4 Å². The minimum atomic E-state index is -0.546. The van der Waals surface area contributed by atoms with E-state index in [2.05, 4.69) is 65.4 Å². The second-order valence-electron chi connectivity index (χ2n) is 18.5. The summed E-state index contributed by atoms with van der Waals surface area (Å²) < 4.78 is 0. The molecule has 2 saturated heterocycles. The highest BCUT2D eigenvalue weighted by molar-refractivity contribution is 6.04. The number of nitrogens with one attached hydrogen (secondary N) is 2. The van der Waals surface area contributed by atoms with Crippen molar-refractivity contribution in [2.45, 2.75) is 130 Å². The van der Waals surface area contributed by atoms with E-state index in [0.29, 0.717) is 24.3 Å². The van der Waals surface area contributed by atoms with Gasteiger partial charge in [-0.25, -0.2) is 4.98 Å². The van der Waals surface area contributed by atoms with Crippen LogP contribution in [0.15, 0.2) is 53.8 Å². The number of amides is 3. The number of hydrogen-bond acceptors (Lipinski definition) is 6. The largest absolute Gasteiger partial charge is 0.344 e. The van der Waals surface area contributed by atoms with Crippen LogP contribution < -0.4 is 5.32 Å². The number of nitrogens with zero attached hydrogens (tertiary/aromatic N) is 4. The van der Waals surface area contributed by atoms with Gasteiger partial charge in [0.25, 0.3) is 0 Å². The zero-order valence-electron chi connectivity index (χ0n) is 34.2. The number of carbonyl (C=O) groups excluding carboxylic acids is 4. The van der Waals surface area contributed by atoms with Gasteiger partial charge >= 0.3 is 0 Å². The van der Waals surface area contributed by atoms with Gasteiger partial charge in [0.05, 0.1) is 24.0 Å². The Labute approximate surface area is 336 Å². The molecule has 0 spiro atoms. The highest BCUT2D eigenvalue weighted by Gasteiger charge is 2.57. The van der Waals surface area contributed by atoms with Crippen molar-refractivity contribution < 1.29 is 19.2 Å². The van der Waals surface area contributed by atoms with Crippen LogP contribution in [0, 0.1) is 29.6 Å². The van der Waals surface area contributed by atoms with Gasteiger partial charge < -0.3 is 24.9 Å². The van der Waals surface area contributed by atoms with Crippen LogP contribution in [0.2, 0.25) is 0 Å². The average molecular weight is 769 g/mol. The SMILES string of the molecule is CC(=O)C[C@H](C(=O)N1[C@@H]2C[C@@H]2C[C@H]1C1=NC=C(c2ccc(-c3ccc(-c4cnc([C@@H]5C[C@H]6C[C@H]6N5C(=O)[C@@H](NC(C)=O)C(C)C)[nH]4)cc3)c3c2CCC3)C1)C(C)C. The lowest BCUT2D eigenvalue weighted by Crippen LogP contribution is -2.51. The van der Waals surface area contributed by atoms with Crippen LogP contribution in [0.25, 0.3) is 28.0 Å². The third-order valence-electron chi connectivity index (χ3n) is 13.8. The molecule has 10 nitrogen and oxygen atoms in total. The molecule has 0 radical (unpaired) electrons. The number of aromatic nitrogens is 2. The van der Waals surface area contributed by atoms with Crippen LogP contribution in [0.1, 0.15) is 115 Å². The number of imidazole rings is 1. The van der Waals surface area contributed by atoms with Gasteiger partial charge in [-0.2, -0.15) is 0 Å². The average Bonchev–Trinajstić information content (AvgIpc) is 3.67. The molecule has 3 aliphatic carbocycles. The number of fused-ring (bicyclic) bond motifs is 3. The third kappa shape index (κ3) is 6.86. The van der Waals surface area contributed by atoms with Crippen molar-refractivity contribution in [1.82, 2.24) is 25.1 Å². The van der Waals surface area contributed by atoms with Gasteiger partial charge in [-0.15, -0.1) is 0 Å². The quantitative estimate of drug-likeness (QED) is 0.198. The summed E-state index contributed by atoms with van der Waals surface area (Å²) in [5.74, 6) is 1.70. The monoisotopic (exact) mass is 768 g/mol. The Bertz CT molecular complexity index is 2200. The summed E-state index contributed by atoms with van der Waals surface area (Å²) in [6.07, 6.45) is 12.2. The molecule has 0 bridgehead atoms. The molecule has 298 valence electrons. The molecule has 8 atom stereocenters. The maximum Gasteiger partial charge on any atom is 0.246 e. The van der Waals surface area contributed by atoms with E-state index in [1.165, 1.54) is 40.3 Å². The van der Waals surface area contributed by atoms with E-state index in [0.717, 1.165) is 74.2 Å². The van der Waals surface area contributed by atoms with Gasteiger partial charge in [0, 0.05) is 49.7 Å². The number of ketones is 1. The number of hydrogen-bond donors (Lipinski definition) is 2. The summed E-state index contributed by atoms with van der Waals surface area (Å²) in [5.41, 5.74) is 10.9. The van der Waals surface area contributed by atoms with E-state index in [-0.39, 0.29) is 59.4 Å². The summed E-state index contributed by atoms with van der Waals surface area (Å²) in [7, 11) is 0. The number of H-pyrrole nitrogens is 1. The molecule has 1 aromatic heterocycles. The lowest BCUT2D eigenvalue weighted by atomic mass is 9.87. The minimum Gasteiger partial charge on any atom is -0.344 e. The predicted octanol–water partition coefficient (Wildman–Crippen LogP) is 7.48. The second-order valence-corrected chi connectivity index (χ2v) is 18.5. The number of Topliss-reactive ketones (excluding diaryl/α,β-unsaturated/α-hetero) is 1. The van der Waals surface area contributed by atoms with Crippen LogP contribution in [0.5, 0.6) is 0 Å². The molecule has 4 fully saturated rings. The minimum absolute atomic E-state index is 0.00948. The lowest BCUT2D eigenvalue weighted by Gasteiger charge is -2.32. The molecule has 3 aromatic rings. The van der Waals surface area contributed by atoms with Gasteiger partial charge in [0.2, 0.25) is 17.7 Å². The smallest absolute Gasteiger partial charge is 0.246 e. The summed E-state index contributed by atoms with van der Waals surface area (Å²) in [4.78, 5) is 69.2. The summed E-state index contributed by atoms with van der Waals surface area (Å²) in [6.45, 7) is 11.1. The van der Waals surface area contributed by atoms with Crippen LogP contribution in [0.3, 0.4) is 0 Å². The van der Waals surface area contributed by atoms with E-state index in [1.807, 2.05) is 31.1 Å². The normalized spacial score (nSPS) is 26.5. The molecular weight excluding hydrogens is 713 g/mol. The molecule has 57 heavy (non-hydrogen) atoms. The van der Waals surface area contributed by atoms with Gasteiger partial charge in [-0.3, -0.25) is 19.4 Å². The molecule has 2 N–H and O–H groups in total. The van der Waals surface area contributed by atoms with Crippen LogP contribution >= 0.6 is 0 Å². The first-order chi connectivity index (χ1) is 27.4. The van der Waals surface area contributed by atoms with E-state index in [9.17, 15) is 19.2 Å². The van der Waals surface area contributed by atoms with Crippen molar-refractivity contribution in [1.29, 1.82) is 0 Å². The van der Waals surface area contributed by atoms with Crippen molar-refractivity contribution in [2.24, 2.45) is 34.6 Å². The molecule has 3 amide bonds. The zero-order valence-corrected chi connectivity index (χ0v) is 34.2. The number of likely N-dealkylation sites (tertiary alicyclic amines) is 2. The van der Waals surface area contributed by atoms with Crippen LogP contribution in [-0.4, -0.2) is 73.2 Å². The molecule has 10 heteroatoms. The maximum atomic E-state index is 13.9. The third-order valence-corrected chi connectivity index (χ3v) is 13.8. The summed E-state index contributed by atoms with van der Waals surface area (Å²) in [5, 5.41) is 2.89. The van der Waals surface area contributed by atoms with Crippen molar-refractivity contribution >= 4 is 34.8 Å². The van der Waals surface area contributed by atoms with Gasteiger partial charge in [0.1, 0.15) is 17.6 Å². The molecule has 4 heterocycles. The number of benzene rings is 2. The Hall–Kier alpha value is -4.86. The van der Waals surface area contributed by atoms with Gasteiger partial charge in [-0.1, -0.05) is 64.1 Å². The Kier molecular flexibility index (Phi) is 9.60. The molecule has 0 unspecified atom stereocenters. The first-order valence-electron chi connectivity index (χ1n) is 21.3. The molecule has 3 aliphatic heterocycles. The fourth-order valence-corrected chi connectivity index (χ4v) is 10.7. The van der Waals surface area contributed by atoms with Crippen molar-refractivity contribution in [3.05, 3.63) is 71.3 Å². The summed E-state index contributed by atoms with van der Waals surface area (Å²) >= 11 is 0. The first kappa shape index (κ1) is 37.7. The lowest BCUT2D eigenvalue weighted by molar-refractivity contribution is -0.140. The number of allylic oxidation sites excluding steroid dienone is 1. The molecule has 9 rings (SSSR count). The number of aromatic amines is 1. The number of piperidine rings is 2. The molecule has 2 aromatic carbocycles. The second kappa shape index (κ2) is 14.5. The Balaban J connectivity index is 0.895. The van der Waals surface area contributed by atoms with Crippen LogP contribution in [-0.2, 0) is 32.0 Å². The highest BCUT2D eigenvalue weighted by Crippen LogP contribution is 2.54. The molecule has 6 aliphatic rings. The van der Waals surface area contributed by atoms with E-state index < -0.39 is 6.04 Å². The first-order valence-corrected chi connectivity index (χ1v) is 21.3. The van der Waals surface area contributed by atoms with E-state index in [1.54, 1.807) is 6.92 Å². The van der Waals surface area contributed by atoms with Gasteiger partial charge in [-0.05, 0) is 114 Å². The fraction of sp³-hybridized carbons (Fsp3) is 0.532. The zero-order chi connectivity index (χ0) is 39.9. The Morgan fingerprint density at radius 3 is 2.07 bits per heavy atom. The molecular formula is C47H56N6O4. The summed E-state index contributed by atoms with van der Waals surface area (Å²) in [6, 6.07) is 13.1. The predicted molar refractivity (Wildman–Crippen MR) is 221 cm³/mol. The van der Waals surface area contributed by atoms with Crippen LogP contribution in [0.4, 0.5) is 0 Å². The van der Waals surface area contributed by atoms with Crippen molar-refractivity contribution in [2.75, 3.05) is 0 Å². The fourth-order valence-electron chi connectivity index (χ4n) is 10.7. The van der Waals surface area contributed by atoms with Gasteiger partial charge in [0.15, 0.2) is 0 Å². The number of carbonyl (C=O) groups is 4. The number of rotatable bonds is 12. The Morgan fingerprint density at radius 2 is 1.42 bits per heavy atom. The number of aliphatic imine (C=N–C) groups is 1. The maximum absolute atomic E-state index is 13.9. The van der Waals surface area contributed by atoms with E-state index in [4.69, 9.17) is 9.98 Å². The molecule has 2 saturated carbocycles. The topological polar surface area (TPSA) is 128 Å².